The zero-order valence-electron chi connectivity index (χ0n) is 9.91. The predicted octanol–water partition coefficient (Wildman–Crippen LogP) is 0.0459. The largest absolute Gasteiger partial charge is 0.452 e. The highest BCUT2D eigenvalue weighted by molar-refractivity contribution is 7.91. The van der Waals surface area contributed by atoms with Crippen molar-refractivity contribution in [1.29, 1.82) is 0 Å². The van der Waals surface area contributed by atoms with Gasteiger partial charge in [0.15, 0.2) is 0 Å². The van der Waals surface area contributed by atoms with Gasteiger partial charge in [-0.25, -0.2) is 13.8 Å². The van der Waals surface area contributed by atoms with Crippen LogP contribution in [0.1, 0.15) is 0 Å². The van der Waals surface area contributed by atoms with Gasteiger partial charge in [-0.15, -0.1) is 0 Å². The van der Waals surface area contributed by atoms with Crippen molar-refractivity contribution in [3.8, 4) is 0 Å². The Bertz CT molecular complexity index is 628. The maximum absolute atomic E-state index is 12.0. The van der Waals surface area contributed by atoms with Crippen LogP contribution < -0.4 is 14.3 Å². The lowest BCUT2D eigenvalue weighted by atomic mass is 10.2. The van der Waals surface area contributed by atoms with Crippen LogP contribution >= 0.6 is 0 Å². The summed E-state index contributed by atoms with van der Waals surface area (Å²) in [4.78, 5) is 22.5. The molecule has 0 fully saturated rings. The highest BCUT2D eigenvalue weighted by Crippen LogP contribution is 2.30. The quantitative estimate of drug-likeness (QED) is 0.798. The van der Waals surface area contributed by atoms with Crippen molar-refractivity contribution in [3.05, 3.63) is 24.3 Å². The van der Waals surface area contributed by atoms with E-state index < -0.39 is 28.8 Å². The van der Waals surface area contributed by atoms with E-state index >= 15 is 0 Å². The number of anilines is 2. The minimum absolute atomic E-state index is 0.276. The molecule has 1 aromatic carbocycles. The number of nitrogens with zero attached hydrogens (tertiary/aromatic N) is 1. The number of amides is 2. The molecular formula is C10H11N3O5S. The van der Waals surface area contributed by atoms with Crippen LogP contribution in [-0.4, -0.2) is 34.1 Å². The van der Waals surface area contributed by atoms with E-state index in [2.05, 4.69) is 10.1 Å². The Morgan fingerprint density at radius 1 is 1.42 bits per heavy atom. The minimum Gasteiger partial charge on any atom is -0.452 e. The van der Waals surface area contributed by atoms with Gasteiger partial charge in [-0.2, -0.15) is 8.42 Å². The molecular weight excluding hydrogens is 274 g/mol. The van der Waals surface area contributed by atoms with Crippen molar-refractivity contribution in [3.63, 3.8) is 0 Å². The molecule has 2 N–H and O–H groups in total. The molecule has 2 rings (SSSR count). The highest BCUT2D eigenvalue weighted by Gasteiger charge is 2.32. The molecule has 102 valence electrons. The van der Waals surface area contributed by atoms with Crippen LogP contribution in [0.5, 0.6) is 0 Å². The number of fused-ring (bicyclic) bond motifs is 1. The molecule has 0 saturated heterocycles. The lowest BCUT2D eigenvalue weighted by Crippen LogP contribution is -2.49. The van der Waals surface area contributed by atoms with Crippen LogP contribution in [0.2, 0.25) is 0 Å². The molecule has 0 aromatic heterocycles. The van der Waals surface area contributed by atoms with Crippen molar-refractivity contribution in [1.82, 2.24) is 4.72 Å². The molecule has 1 heterocycles. The fourth-order valence-corrected chi connectivity index (χ4v) is 2.73. The fraction of sp³-hybridized carbons (Fsp3) is 0.200. The molecule has 0 bridgehead atoms. The van der Waals surface area contributed by atoms with Crippen LogP contribution in [0, 0.1) is 0 Å². The Morgan fingerprint density at radius 2 is 2.11 bits per heavy atom. The Hall–Kier alpha value is -2.29. The summed E-state index contributed by atoms with van der Waals surface area (Å²) in [7, 11) is -3.15. The summed E-state index contributed by atoms with van der Waals surface area (Å²) in [5.41, 5.74) is 0.632. The lowest BCUT2D eigenvalue weighted by molar-refractivity contribution is -0.115. The van der Waals surface area contributed by atoms with Crippen LogP contribution in [0.3, 0.4) is 0 Å². The monoisotopic (exact) mass is 285 g/mol. The van der Waals surface area contributed by atoms with Crippen molar-refractivity contribution in [2.24, 2.45) is 0 Å². The van der Waals surface area contributed by atoms with E-state index in [4.69, 9.17) is 0 Å². The summed E-state index contributed by atoms with van der Waals surface area (Å²) in [5.74, 6) is -0.492. The summed E-state index contributed by atoms with van der Waals surface area (Å²) in [6, 6.07) is 6.36. The maximum atomic E-state index is 12.0. The average molecular weight is 285 g/mol. The van der Waals surface area contributed by atoms with E-state index in [0.29, 0.717) is 5.69 Å². The van der Waals surface area contributed by atoms with Crippen molar-refractivity contribution in [2.75, 3.05) is 23.3 Å². The Morgan fingerprint density at radius 3 is 2.79 bits per heavy atom. The molecule has 0 radical (unpaired) electrons. The van der Waals surface area contributed by atoms with E-state index in [-0.39, 0.29) is 5.69 Å². The summed E-state index contributed by atoms with van der Waals surface area (Å²) in [6.07, 6.45) is -1.12. The van der Waals surface area contributed by atoms with E-state index in [1.54, 1.807) is 22.9 Å². The topological polar surface area (TPSA) is 105 Å². The summed E-state index contributed by atoms with van der Waals surface area (Å²) in [6.45, 7) is -0.413. The standard InChI is InChI=1S/C10H11N3O5S/c1-18-10(15)12-19(16,17)13-6-9(14)11-7-4-2-3-5-8(7)13/h2-5H,6H2,1H3,(H,11,14)(H,12,15). The Labute approximate surface area is 109 Å². The number of ether oxygens (including phenoxy) is 1. The van der Waals surface area contributed by atoms with Gasteiger partial charge in [-0.3, -0.25) is 4.79 Å². The zero-order valence-corrected chi connectivity index (χ0v) is 10.7. The molecule has 9 heteroatoms. The number of para-hydroxylation sites is 2. The summed E-state index contributed by atoms with van der Waals surface area (Å²) < 4.78 is 30.7. The van der Waals surface area contributed by atoms with Crippen molar-refractivity contribution >= 4 is 33.6 Å². The van der Waals surface area contributed by atoms with Crippen LogP contribution in [0.4, 0.5) is 16.2 Å². The minimum atomic E-state index is -4.19. The second-order valence-corrected chi connectivity index (χ2v) is 5.27. The van der Waals surface area contributed by atoms with E-state index in [1.165, 1.54) is 6.07 Å². The molecule has 0 atom stereocenters. The molecule has 8 nitrogen and oxygen atoms in total. The number of benzene rings is 1. The maximum Gasteiger partial charge on any atom is 0.422 e. The number of nitrogens with one attached hydrogen (secondary N) is 2. The zero-order chi connectivity index (χ0) is 14.0. The first kappa shape index (κ1) is 13.1. The smallest absolute Gasteiger partial charge is 0.422 e. The molecule has 1 aliphatic rings. The van der Waals surface area contributed by atoms with Gasteiger partial charge in [-0.05, 0) is 12.1 Å². The van der Waals surface area contributed by atoms with Gasteiger partial charge < -0.3 is 10.1 Å². The van der Waals surface area contributed by atoms with Gasteiger partial charge in [0.1, 0.15) is 6.54 Å². The third-order valence-corrected chi connectivity index (χ3v) is 3.75. The van der Waals surface area contributed by atoms with E-state index in [9.17, 15) is 18.0 Å². The van der Waals surface area contributed by atoms with Gasteiger partial charge in [0.25, 0.3) is 0 Å². The number of methoxy groups -OCH3 is 1. The van der Waals surface area contributed by atoms with Crippen LogP contribution in [0.25, 0.3) is 0 Å². The number of carbonyl (C=O) groups excluding carboxylic acids is 2. The third kappa shape index (κ3) is 2.60. The number of hydrogen-bond acceptors (Lipinski definition) is 5. The predicted molar refractivity (Wildman–Crippen MR) is 66.9 cm³/mol. The molecule has 2 amide bonds. The van der Waals surface area contributed by atoms with Gasteiger partial charge in [0, 0.05) is 0 Å². The molecule has 0 unspecified atom stereocenters. The molecule has 1 aromatic rings. The van der Waals surface area contributed by atoms with E-state index in [1.807, 2.05) is 0 Å². The first-order valence-corrected chi connectivity index (χ1v) is 6.65. The average Bonchev–Trinajstić information content (AvgIpc) is 2.37. The first-order valence-electron chi connectivity index (χ1n) is 5.21. The molecule has 0 aliphatic carbocycles. The molecule has 0 spiro atoms. The van der Waals surface area contributed by atoms with Crippen molar-refractivity contribution in [2.45, 2.75) is 0 Å². The number of rotatable bonds is 2. The second kappa shape index (κ2) is 4.76. The van der Waals surface area contributed by atoms with Gasteiger partial charge in [-0.1, -0.05) is 12.1 Å². The number of hydrogen-bond donors (Lipinski definition) is 2. The summed E-state index contributed by atoms with van der Waals surface area (Å²) >= 11 is 0. The van der Waals surface area contributed by atoms with Gasteiger partial charge in [0.05, 0.1) is 18.5 Å². The Balaban J connectivity index is 2.40. The molecule has 19 heavy (non-hydrogen) atoms. The Kier molecular flexibility index (Phi) is 3.30. The summed E-state index contributed by atoms with van der Waals surface area (Å²) in [5, 5.41) is 2.54. The molecule has 0 saturated carbocycles. The lowest BCUT2D eigenvalue weighted by Gasteiger charge is -2.29. The van der Waals surface area contributed by atoms with E-state index in [0.717, 1.165) is 11.4 Å². The first-order chi connectivity index (χ1) is 8.94. The van der Waals surface area contributed by atoms with Crippen LogP contribution in [0.15, 0.2) is 24.3 Å². The SMILES string of the molecule is COC(=O)NS(=O)(=O)N1CC(=O)Nc2ccccc21. The van der Waals surface area contributed by atoms with Crippen LogP contribution in [-0.2, 0) is 19.7 Å². The highest BCUT2D eigenvalue weighted by atomic mass is 32.2. The third-order valence-electron chi connectivity index (χ3n) is 2.42. The van der Waals surface area contributed by atoms with Crippen molar-refractivity contribution < 1.29 is 22.7 Å². The normalized spacial score (nSPS) is 14.4. The second-order valence-electron chi connectivity index (χ2n) is 3.67. The molecule has 1 aliphatic heterocycles. The fourth-order valence-electron chi connectivity index (χ4n) is 1.62. The van der Waals surface area contributed by atoms with Gasteiger partial charge in [0.2, 0.25) is 5.91 Å². The number of carbonyl (C=O) groups is 2. The van der Waals surface area contributed by atoms with Gasteiger partial charge >= 0.3 is 16.3 Å².